The molecule has 1 atom stereocenters. The SMILES string of the molecule is CCCC(C)COC(=O)c1cc(N)cn1C1CC1. The van der Waals surface area contributed by atoms with E-state index in [1.54, 1.807) is 6.07 Å². The van der Waals surface area contributed by atoms with E-state index in [1.165, 1.54) is 0 Å². The molecular weight excluding hydrogens is 228 g/mol. The Kier molecular flexibility index (Phi) is 3.94. The summed E-state index contributed by atoms with van der Waals surface area (Å²) in [5.41, 5.74) is 6.99. The lowest BCUT2D eigenvalue weighted by Gasteiger charge is -2.12. The molecule has 0 aromatic carbocycles. The highest BCUT2D eigenvalue weighted by molar-refractivity contribution is 5.89. The second-order valence-electron chi connectivity index (χ2n) is 5.29. The number of nitrogens with zero attached hydrogens (tertiary/aromatic N) is 1. The molecule has 4 heteroatoms. The number of hydrogen-bond donors (Lipinski definition) is 1. The minimum Gasteiger partial charge on any atom is -0.461 e. The fourth-order valence-electron chi connectivity index (χ4n) is 2.19. The predicted octanol–water partition coefficient (Wildman–Crippen LogP) is 3.00. The van der Waals surface area contributed by atoms with Gasteiger partial charge in [0, 0.05) is 12.2 Å². The number of rotatable bonds is 6. The van der Waals surface area contributed by atoms with E-state index in [4.69, 9.17) is 10.5 Å². The van der Waals surface area contributed by atoms with Gasteiger partial charge in [0.1, 0.15) is 5.69 Å². The van der Waals surface area contributed by atoms with Crippen LogP contribution in [0.3, 0.4) is 0 Å². The van der Waals surface area contributed by atoms with Gasteiger partial charge in [0.05, 0.1) is 12.3 Å². The molecule has 1 unspecified atom stereocenters. The fraction of sp³-hybridized carbons (Fsp3) is 0.643. The van der Waals surface area contributed by atoms with Crippen LogP contribution in [-0.2, 0) is 4.74 Å². The van der Waals surface area contributed by atoms with Crippen molar-refractivity contribution in [3.05, 3.63) is 18.0 Å². The van der Waals surface area contributed by atoms with Gasteiger partial charge in [-0.2, -0.15) is 0 Å². The van der Waals surface area contributed by atoms with Crippen molar-refractivity contribution in [1.29, 1.82) is 0 Å². The first-order valence-corrected chi connectivity index (χ1v) is 6.76. The molecule has 0 amide bonds. The second-order valence-corrected chi connectivity index (χ2v) is 5.29. The zero-order valence-corrected chi connectivity index (χ0v) is 11.2. The van der Waals surface area contributed by atoms with Crippen molar-refractivity contribution in [3.63, 3.8) is 0 Å². The van der Waals surface area contributed by atoms with Gasteiger partial charge in [0.25, 0.3) is 0 Å². The highest BCUT2D eigenvalue weighted by Crippen LogP contribution is 2.37. The Morgan fingerprint density at radius 3 is 2.94 bits per heavy atom. The third-order valence-electron chi connectivity index (χ3n) is 3.30. The number of nitrogens with two attached hydrogens (primary N) is 1. The minimum absolute atomic E-state index is 0.249. The Morgan fingerprint density at radius 1 is 1.61 bits per heavy atom. The van der Waals surface area contributed by atoms with Crippen molar-refractivity contribution in [2.75, 3.05) is 12.3 Å². The molecular formula is C14H22N2O2. The summed E-state index contributed by atoms with van der Waals surface area (Å²) in [6.45, 7) is 4.73. The van der Waals surface area contributed by atoms with Gasteiger partial charge < -0.3 is 15.0 Å². The second kappa shape index (κ2) is 5.46. The van der Waals surface area contributed by atoms with Crippen LogP contribution in [0.4, 0.5) is 5.69 Å². The van der Waals surface area contributed by atoms with E-state index in [-0.39, 0.29) is 5.97 Å². The maximum Gasteiger partial charge on any atom is 0.355 e. The van der Waals surface area contributed by atoms with Gasteiger partial charge in [0.15, 0.2) is 0 Å². The number of hydrogen-bond acceptors (Lipinski definition) is 3. The molecule has 4 nitrogen and oxygen atoms in total. The smallest absolute Gasteiger partial charge is 0.355 e. The summed E-state index contributed by atoms with van der Waals surface area (Å²) in [4.78, 5) is 12.0. The van der Waals surface area contributed by atoms with Crippen LogP contribution in [0, 0.1) is 5.92 Å². The van der Waals surface area contributed by atoms with Crippen molar-refractivity contribution in [2.45, 2.75) is 45.6 Å². The molecule has 100 valence electrons. The fourth-order valence-corrected chi connectivity index (χ4v) is 2.19. The van der Waals surface area contributed by atoms with Crippen LogP contribution in [0.25, 0.3) is 0 Å². The highest BCUT2D eigenvalue weighted by atomic mass is 16.5. The Bertz CT molecular complexity index is 421. The van der Waals surface area contributed by atoms with Crippen molar-refractivity contribution in [3.8, 4) is 0 Å². The van der Waals surface area contributed by atoms with Crippen LogP contribution >= 0.6 is 0 Å². The Balaban J connectivity index is 1.96. The summed E-state index contributed by atoms with van der Waals surface area (Å²) in [6, 6.07) is 2.16. The van der Waals surface area contributed by atoms with E-state index in [1.807, 2.05) is 10.8 Å². The number of ether oxygens (including phenoxy) is 1. The number of carbonyl (C=O) groups is 1. The lowest BCUT2D eigenvalue weighted by molar-refractivity contribution is 0.0431. The molecule has 2 N–H and O–H groups in total. The van der Waals surface area contributed by atoms with Gasteiger partial charge in [-0.05, 0) is 31.2 Å². The van der Waals surface area contributed by atoms with E-state index in [9.17, 15) is 4.79 Å². The molecule has 1 aliphatic carbocycles. The molecule has 0 aliphatic heterocycles. The van der Waals surface area contributed by atoms with Crippen LogP contribution in [0.5, 0.6) is 0 Å². The summed E-state index contributed by atoms with van der Waals surface area (Å²) in [5, 5.41) is 0. The molecule has 1 aromatic heterocycles. The van der Waals surface area contributed by atoms with E-state index in [2.05, 4.69) is 13.8 Å². The lowest BCUT2D eigenvalue weighted by Crippen LogP contribution is -2.15. The monoisotopic (exact) mass is 250 g/mol. The first-order valence-electron chi connectivity index (χ1n) is 6.76. The normalized spacial score (nSPS) is 16.6. The van der Waals surface area contributed by atoms with Crippen LogP contribution in [0.2, 0.25) is 0 Å². The molecule has 1 heterocycles. The Hall–Kier alpha value is -1.45. The average Bonchev–Trinajstić information content (AvgIpc) is 3.10. The summed E-state index contributed by atoms with van der Waals surface area (Å²) < 4.78 is 7.32. The van der Waals surface area contributed by atoms with Crippen molar-refractivity contribution < 1.29 is 9.53 Å². The first kappa shape index (κ1) is 13.0. The van der Waals surface area contributed by atoms with Crippen LogP contribution in [0.1, 0.15) is 56.1 Å². The summed E-state index contributed by atoms with van der Waals surface area (Å²) in [7, 11) is 0. The molecule has 18 heavy (non-hydrogen) atoms. The number of esters is 1. The van der Waals surface area contributed by atoms with Crippen LogP contribution < -0.4 is 5.73 Å². The quantitative estimate of drug-likeness (QED) is 0.790. The third kappa shape index (κ3) is 3.06. The number of anilines is 1. The van der Waals surface area contributed by atoms with E-state index >= 15 is 0 Å². The van der Waals surface area contributed by atoms with Gasteiger partial charge >= 0.3 is 5.97 Å². The maximum atomic E-state index is 12.0. The van der Waals surface area contributed by atoms with Gasteiger partial charge in [-0.25, -0.2) is 4.79 Å². The van der Waals surface area contributed by atoms with E-state index in [0.29, 0.717) is 29.9 Å². The Labute approximate surface area is 108 Å². The molecule has 1 aromatic rings. The first-order chi connectivity index (χ1) is 8.61. The predicted molar refractivity (Wildman–Crippen MR) is 71.5 cm³/mol. The van der Waals surface area contributed by atoms with Gasteiger partial charge in [-0.15, -0.1) is 0 Å². The van der Waals surface area contributed by atoms with E-state index < -0.39 is 0 Å². The molecule has 1 aliphatic rings. The largest absolute Gasteiger partial charge is 0.461 e. The van der Waals surface area contributed by atoms with Gasteiger partial charge in [-0.3, -0.25) is 0 Å². The molecule has 0 spiro atoms. The lowest BCUT2D eigenvalue weighted by atomic mass is 10.1. The summed E-state index contributed by atoms with van der Waals surface area (Å²) >= 11 is 0. The topological polar surface area (TPSA) is 57.2 Å². The molecule has 2 rings (SSSR count). The molecule has 0 bridgehead atoms. The van der Waals surface area contributed by atoms with Crippen molar-refractivity contribution >= 4 is 11.7 Å². The van der Waals surface area contributed by atoms with Gasteiger partial charge in [-0.1, -0.05) is 20.3 Å². The zero-order chi connectivity index (χ0) is 13.1. The van der Waals surface area contributed by atoms with E-state index in [0.717, 1.165) is 25.7 Å². The number of carbonyl (C=O) groups excluding carboxylic acids is 1. The Morgan fingerprint density at radius 2 is 2.33 bits per heavy atom. The standard InChI is InChI=1S/C14H22N2O2/c1-3-4-10(2)9-18-14(17)13-7-11(15)8-16(13)12-5-6-12/h7-8,10,12H,3-6,9,15H2,1-2H3. The van der Waals surface area contributed by atoms with Crippen molar-refractivity contribution in [1.82, 2.24) is 4.57 Å². The number of aromatic nitrogens is 1. The van der Waals surface area contributed by atoms with Crippen LogP contribution in [0.15, 0.2) is 12.3 Å². The molecule has 0 radical (unpaired) electrons. The minimum atomic E-state index is -0.249. The maximum absolute atomic E-state index is 12.0. The van der Waals surface area contributed by atoms with Gasteiger partial charge in [0.2, 0.25) is 0 Å². The average molecular weight is 250 g/mol. The van der Waals surface area contributed by atoms with Crippen molar-refractivity contribution in [2.24, 2.45) is 5.92 Å². The number of nitrogen functional groups attached to an aromatic ring is 1. The highest BCUT2D eigenvalue weighted by Gasteiger charge is 2.28. The molecule has 1 fully saturated rings. The summed E-state index contributed by atoms with van der Waals surface area (Å²) in [5.74, 6) is 0.169. The molecule has 1 saturated carbocycles. The third-order valence-corrected chi connectivity index (χ3v) is 3.30. The zero-order valence-electron chi connectivity index (χ0n) is 11.2. The molecule has 0 saturated heterocycles. The van der Waals surface area contributed by atoms with Crippen LogP contribution in [-0.4, -0.2) is 17.1 Å². The summed E-state index contributed by atoms with van der Waals surface area (Å²) in [6.07, 6.45) is 6.29.